The van der Waals surface area contributed by atoms with Gasteiger partial charge in [-0.3, -0.25) is 0 Å². The Bertz CT molecular complexity index is 514. The van der Waals surface area contributed by atoms with Crippen LogP contribution in [0, 0.1) is 0 Å². The molecule has 0 spiro atoms. The van der Waals surface area contributed by atoms with Crippen molar-refractivity contribution in [1.29, 1.82) is 0 Å². The second-order valence-electron chi connectivity index (χ2n) is 3.45. The summed E-state index contributed by atoms with van der Waals surface area (Å²) in [6.07, 6.45) is 2.35. The van der Waals surface area contributed by atoms with Crippen molar-refractivity contribution in [3.05, 3.63) is 40.6 Å². The summed E-state index contributed by atoms with van der Waals surface area (Å²) in [5.41, 5.74) is 6.85. The number of aromatic nitrogens is 2. The quantitative estimate of drug-likeness (QED) is 0.881. The molecule has 0 atom stereocenters. The highest BCUT2D eigenvalue weighted by Crippen LogP contribution is 2.31. The molecule has 0 amide bonds. The number of hydrogen-bond acceptors (Lipinski definition) is 4. The third-order valence-corrected chi connectivity index (χ3v) is 3.90. The van der Waals surface area contributed by atoms with E-state index in [1.165, 1.54) is 6.33 Å². The Morgan fingerprint density at radius 2 is 1.94 bits per heavy atom. The normalized spacial score (nSPS) is 10.5. The van der Waals surface area contributed by atoms with Crippen molar-refractivity contribution in [2.45, 2.75) is 23.3 Å². The fourth-order valence-corrected chi connectivity index (χ4v) is 2.68. The third-order valence-electron chi connectivity index (χ3n) is 2.32. The van der Waals surface area contributed by atoms with E-state index in [-0.39, 0.29) is 0 Å². The molecule has 0 bridgehead atoms. The zero-order valence-electron chi connectivity index (χ0n) is 9.35. The van der Waals surface area contributed by atoms with Crippen molar-refractivity contribution in [3.63, 3.8) is 0 Å². The van der Waals surface area contributed by atoms with Gasteiger partial charge < -0.3 is 5.73 Å². The molecule has 0 saturated carbocycles. The largest absolute Gasteiger partial charge is 0.383 e. The molecule has 3 nitrogen and oxygen atoms in total. The summed E-state index contributed by atoms with van der Waals surface area (Å²) in [5, 5.41) is 0.933. The monoisotopic (exact) mass is 309 g/mol. The summed E-state index contributed by atoms with van der Waals surface area (Å²) in [6.45, 7) is 2.06. The maximum atomic E-state index is 5.84. The van der Waals surface area contributed by atoms with E-state index >= 15 is 0 Å². The first-order valence-corrected chi connectivity index (χ1v) is 6.84. The van der Waals surface area contributed by atoms with E-state index in [1.807, 2.05) is 24.3 Å². The van der Waals surface area contributed by atoms with Gasteiger partial charge in [0.15, 0.2) is 0 Å². The smallest absolute Gasteiger partial charge is 0.131 e. The minimum Gasteiger partial charge on any atom is -0.383 e. The zero-order valence-corrected chi connectivity index (χ0v) is 11.8. The van der Waals surface area contributed by atoms with Crippen LogP contribution in [-0.2, 0) is 6.42 Å². The second-order valence-corrected chi connectivity index (χ2v) is 5.43. The van der Waals surface area contributed by atoms with Gasteiger partial charge in [-0.05, 0) is 30.7 Å². The standard InChI is InChI=1S/C12H12BrN3S/c1-2-10-11(14)15-7-16-12(10)17-9-5-3-8(13)4-6-9/h3-7H,2H2,1H3,(H2,14,15,16). The Morgan fingerprint density at radius 1 is 1.24 bits per heavy atom. The lowest BCUT2D eigenvalue weighted by Gasteiger charge is -2.07. The first-order chi connectivity index (χ1) is 8.20. The van der Waals surface area contributed by atoms with Crippen LogP contribution in [0.15, 0.2) is 45.0 Å². The highest BCUT2D eigenvalue weighted by Gasteiger charge is 2.08. The molecular weight excluding hydrogens is 298 g/mol. The molecule has 0 aliphatic carbocycles. The number of rotatable bonds is 3. The van der Waals surface area contributed by atoms with Crippen LogP contribution in [0.4, 0.5) is 5.82 Å². The molecule has 17 heavy (non-hydrogen) atoms. The molecular formula is C12H12BrN3S. The number of anilines is 1. The van der Waals surface area contributed by atoms with Gasteiger partial charge in [0.05, 0.1) is 0 Å². The van der Waals surface area contributed by atoms with Gasteiger partial charge in [-0.25, -0.2) is 9.97 Å². The number of nitrogen functional groups attached to an aromatic ring is 1. The van der Waals surface area contributed by atoms with Crippen molar-refractivity contribution in [2.24, 2.45) is 0 Å². The molecule has 88 valence electrons. The molecule has 2 rings (SSSR count). The molecule has 0 fully saturated rings. The van der Waals surface area contributed by atoms with Gasteiger partial charge in [-0.15, -0.1) is 0 Å². The summed E-state index contributed by atoms with van der Waals surface area (Å²) < 4.78 is 1.07. The molecule has 0 aliphatic rings. The van der Waals surface area contributed by atoms with Gasteiger partial charge in [0.1, 0.15) is 17.2 Å². The van der Waals surface area contributed by atoms with E-state index in [2.05, 4.69) is 32.8 Å². The van der Waals surface area contributed by atoms with Crippen molar-refractivity contribution in [2.75, 3.05) is 5.73 Å². The van der Waals surface area contributed by atoms with Crippen LogP contribution in [0.5, 0.6) is 0 Å². The molecule has 0 unspecified atom stereocenters. The number of nitrogens with two attached hydrogens (primary N) is 1. The fraction of sp³-hybridized carbons (Fsp3) is 0.167. The minimum atomic E-state index is 0.571. The van der Waals surface area contributed by atoms with Gasteiger partial charge in [0, 0.05) is 14.9 Å². The lowest BCUT2D eigenvalue weighted by atomic mass is 10.2. The predicted molar refractivity (Wildman–Crippen MR) is 74.1 cm³/mol. The third kappa shape index (κ3) is 2.98. The Balaban J connectivity index is 2.29. The number of benzene rings is 1. The maximum absolute atomic E-state index is 5.84. The van der Waals surface area contributed by atoms with E-state index in [0.717, 1.165) is 26.4 Å². The molecule has 1 heterocycles. The summed E-state index contributed by atoms with van der Waals surface area (Å²) in [5.74, 6) is 0.571. The van der Waals surface area contributed by atoms with Gasteiger partial charge in [0.25, 0.3) is 0 Å². The van der Waals surface area contributed by atoms with Crippen LogP contribution < -0.4 is 5.73 Å². The first kappa shape index (κ1) is 12.4. The first-order valence-electron chi connectivity index (χ1n) is 5.23. The average molecular weight is 310 g/mol. The lowest BCUT2D eigenvalue weighted by Crippen LogP contribution is -2.00. The molecule has 1 aromatic carbocycles. The van der Waals surface area contributed by atoms with Crippen molar-refractivity contribution >= 4 is 33.5 Å². The van der Waals surface area contributed by atoms with Gasteiger partial charge >= 0.3 is 0 Å². The van der Waals surface area contributed by atoms with E-state index in [4.69, 9.17) is 5.73 Å². The van der Waals surface area contributed by atoms with E-state index in [1.54, 1.807) is 11.8 Å². The Hall–Kier alpha value is -1.07. The van der Waals surface area contributed by atoms with Crippen LogP contribution in [0.3, 0.4) is 0 Å². The predicted octanol–water partition coefficient (Wildman–Crippen LogP) is 3.53. The van der Waals surface area contributed by atoms with Crippen molar-refractivity contribution < 1.29 is 0 Å². The summed E-state index contributed by atoms with van der Waals surface area (Å²) in [4.78, 5) is 9.44. The molecule has 1 aromatic heterocycles. The maximum Gasteiger partial charge on any atom is 0.131 e. The number of nitrogens with zero attached hydrogens (tertiary/aromatic N) is 2. The number of hydrogen-bond donors (Lipinski definition) is 1. The zero-order chi connectivity index (χ0) is 12.3. The lowest BCUT2D eigenvalue weighted by molar-refractivity contribution is 0.953. The van der Waals surface area contributed by atoms with E-state index < -0.39 is 0 Å². The Morgan fingerprint density at radius 3 is 2.59 bits per heavy atom. The second kappa shape index (κ2) is 5.51. The number of halogens is 1. The van der Waals surface area contributed by atoms with Crippen LogP contribution in [0.2, 0.25) is 0 Å². The summed E-state index contributed by atoms with van der Waals surface area (Å²) >= 11 is 5.03. The fourth-order valence-electron chi connectivity index (χ4n) is 1.44. The minimum absolute atomic E-state index is 0.571. The molecule has 2 N–H and O–H groups in total. The van der Waals surface area contributed by atoms with Crippen LogP contribution in [0.1, 0.15) is 12.5 Å². The molecule has 5 heteroatoms. The van der Waals surface area contributed by atoms with Gasteiger partial charge in [-0.1, -0.05) is 34.6 Å². The van der Waals surface area contributed by atoms with E-state index in [0.29, 0.717) is 5.82 Å². The van der Waals surface area contributed by atoms with Gasteiger partial charge in [0.2, 0.25) is 0 Å². The molecule has 0 aliphatic heterocycles. The summed E-state index contributed by atoms with van der Waals surface area (Å²) in [6, 6.07) is 8.12. The van der Waals surface area contributed by atoms with Crippen LogP contribution >= 0.6 is 27.7 Å². The van der Waals surface area contributed by atoms with Crippen molar-refractivity contribution in [1.82, 2.24) is 9.97 Å². The van der Waals surface area contributed by atoms with Crippen LogP contribution in [0.25, 0.3) is 0 Å². The van der Waals surface area contributed by atoms with Crippen molar-refractivity contribution in [3.8, 4) is 0 Å². The molecule has 2 aromatic rings. The Labute approximate surface area is 113 Å². The molecule has 0 radical (unpaired) electrons. The SMILES string of the molecule is CCc1c(N)ncnc1Sc1ccc(Br)cc1. The summed E-state index contributed by atoms with van der Waals surface area (Å²) in [7, 11) is 0. The highest BCUT2D eigenvalue weighted by molar-refractivity contribution is 9.10. The van der Waals surface area contributed by atoms with Gasteiger partial charge in [-0.2, -0.15) is 0 Å². The van der Waals surface area contributed by atoms with Crippen LogP contribution in [-0.4, -0.2) is 9.97 Å². The molecule has 0 saturated heterocycles. The average Bonchev–Trinajstić information content (AvgIpc) is 2.32. The topological polar surface area (TPSA) is 51.8 Å². The highest BCUT2D eigenvalue weighted by atomic mass is 79.9. The van der Waals surface area contributed by atoms with E-state index in [9.17, 15) is 0 Å². The Kier molecular flexibility index (Phi) is 4.02.